The molecule has 0 heterocycles. The number of rotatable bonds is 0. The minimum atomic E-state index is -5.79. The van der Waals surface area contributed by atoms with Gasteiger partial charge in [0, 0.05) is 0 Å². The highest BCUT2D eigenvalue weighted by atomic mass is 19.4. The van der Waals surface area contributed by atoms with Crippen molar-refractivity contribution >= 4 is 0 Å². The van der Waals surface area contributed by atoms with Crippen molar-refractivity contribution in [2.45, 2.75) is 44.7 Å². The first-order valence-electron chi connectivity index (χ1n) is 5.86. The number of alkyl halides is 9. The van der Waals surface area contributed by atoms with Gasteiger partial charge in [0.1, 0.15) is 0 Å². The lowest BCUT2D eigenvalue weighted by Crippen LogP contribution is -2.25. The first-order valence-corrected chi connectivity index (χ1v) is 5.86. The van der Waals surface area contributed by atoms with Crippen molar-refractivity contribution in [3.05, 3.63) is 34.4 Å². The Morgan fingerprint density at radius 1 is 0.591 bits per heavy atom. The summed E-state index contributed by atoms with van der Waals surface area (Å²) in [4.78, 5) is 0. The summed E-state index contributed by atoms with van der Waals surface area (Å²) in [6.45, 7) is 3.90. The van der Waals surface area contributed by atoms with E-state index >= 15 is 0 Å². The summed E-state index contributed by atoms with van der Waals surface area (Å²) >= 11 is 0. The van der Waals surface area contributed by atoms with E-state index in [2.05, 4.69) is 0 Å². The predicted octanol–water partition coefficient (Wildman–Crippen LogP) is 6.04. The Kier molecular flexibility index (Phi) is 4.28. The summed E-state index contributed by atoms with van der Waals surface area (Å²) in [5.41, 5.74) is -9.05. The van der Waals surface area contributed by atoms with Gasteiger partial charge in [0.2, 0.25) is 0 Å². The molecule has 0 radical (unpaired) electrons. The van der Waals surface area contributed by atoms with E-state index in [4.69, 9.17) is 0 Å². The lowest BCUT2D eigenvalue weighted by molar-refractivity contribution is -0.174. The van der Waals surface area contributed by atoms with Crippen LogP contribution in [0.3, 0.4) is 0 Å². The fourth-order valence-electron chi connectivity index (χ4n) is 1.83. The number of benzene rings is 1. The lowest BCUT2D eigenvalue weighted by atomic mass is 9.83. The number of hydrogen-bond donors (Lipinski definition) is 0. The average molecular weight is 338 g/mol. The molecule has 0 aliphatic rings. The Morgan fingerprint density at radius 3 is 1.09 bits per heavy atom. The molecule has 22 heavy (non-hydrogen) atoms. The maximum Gasteiger partial charge on any atom is 0.417 e. The van der Waals surface area contributed by atoms with Gasteiger partial charge in [-0.25, -0.2) is 0 Å². The monoisotopic (exact) mass is 338 g/mol. The molecule has 0 saturated carbocycles. The van der Waals surface area contributed by atoms with E-state index in [0.717, 1.165) is 0 Å². The third kappa shape index (κ3) is 3.86. The molecule has 0 fully saturated rings. The summed E-state index contributed by atoms with van der Waals surface area (Å²) in [5.74, 6) is 0. The third-order valence-corrected chi connectivity index (χ3v) is 2.90. The Labute approximate surface area is 119 Å². The fraction of sp³-hybridized carbons (Fsp3) is 0.538. The maximum atomic E-state index is 12.8. The first kappa shape index (κ1) is 18.6. The molecule has 0 aliphatic heterocycles. The van der Waals surface area contributed by atoms with Gasteiger partial charge in [0.05, 0.1) is 16.7 Å². The second kappa shape index (κ2) is 5.06. The van der Waals surface area contributed by atoms with Gasteiger partial charge in [0.15, 0.2) is 0 Å². The van der Waals surface area contributed by atoms with E-state index in [1.54, 1.807) is 0 Å². The van der Waals surface area contributed by atoms with Crippen molar-refractivity contribution in [2.75, 3.05) is 0 Å². The molecule has 126 valence electrons. The molecule has 0 bridgehead atoms. The molecular formula is C13H11F9. The van der Waals surface area contributed by atoms with Gasteiger partial charge in [-0.3, -0.25) is 0 Å². The molecular weight excluding hydrogens is 327 g/mol. The van der Waals surface area contributed by atoms with Crippen LogP contribution in [-0.4, -0.2) is 0 Å². The van der Waals surface area contributed by atoms with Crippen LogP contribution >= 0.6 is 0 Å². The second-order valence-electron chi connectivity index (χ2n) is 5.69. The van der Waals surface area contributed by atoms with Gasteiger partial charge in [-0.15, -0.1) is 0 Å². The van der Waals surface area contributed by atoms with Crippen molar-refractivity contribution in [3.63, 3.8) is 0 Å². The molecule has 0 amide bonds. The Morgan fingerprint density at radius 2 is 0.909 bits per heavy atom. The van der Waals surface area contributed by atoms with Crippen molar-refractivity contribution in [2.24, 2.45) is 0 Å². The van der Waals surface area contributed by atoms with Gasteiger partial charge in [-0.1, -0.05) is 20.8 Å². The van der Waals surface area contributed by atoms with Crippen LogP contribution in [0.4, 0.5) is 39.5 Å². The summed E-state index contributed by atoms with van der Waals surface area (Å²) in [7, 11) is 0. The molecule has 1 aromatic carbocycles. The van der Waals surface area contributed by atoms with Crippen LogP contribution in [0.5, 0.6) is 0 Å². The Hall–Kier alpha value is -1.41. The standard InChI is InChI=1S/C13H11F9/c1-10(2,3)6-4-7(11(14,15)16)9(13(20,21)22)8(5-6)12(17,18)19/h4-5H,1-3H3. The zero-order chi connectivity index (χ0) is 17.7. The Bertz CT molecular complexity index is 518. The zero-order valence-electron chi connectivity index (χ0n) is 11.6. The summed E-state index contributed by atoms with van der Waals surface area (Å²) in [6.07, 6.45) is -16.9. The highest BCUT2D eigenvalue weighted by Gasteiger charge is 2.50. The van der Waals surface area contributed by atoms with Gasteiger partial charge in [-0.2, -0.15) is 39.5 Å². The van der Waals surface area contributed by atoms with E-state index in [9.17, 15) is 39.5 Å². The van der Waals surface area contributed by atoms with Crippen LogP contribution in [0.15, 0.2) is 12.1 Å². The van der Waals surface area contributed by atoms with Crippen LogP contribution in [0.2, 0.25) is 0 Å². The van der Waals surface area contributed by atoms with Crippen molar-refractivity contribution < 1.29 is 39.5 Å². The van der Waals surface area contributed by atoms with Crippen LogP contribution in [0.25, 0.3) is 0 Å². The number of halogens is 9. The maximum absolute atomic E-state index is 12.8. The highest BCUT2D eigenvalue weighted by molar-refractivity contribution is 5.46. The van der Waals surface area contributed by atoms with Crippen LogP contribution < -0.4 is 0 Å². The van der Waals surface area contributed by atoms with Crippen molar-refractivity contribution in [1.29, 1.82) is 0 Å². The van der Waals surface area contributed by atoms with Gasteiger partial charge < -0.3 is 0 Å². The minimum absolute atomic E-state index is 0.123. The van der Waals surface area contributed by atoms with Gasteiger partial charge in [0.25, 0.3) is 0 Å². The average Bonchev–Trinajstić information content (AvgIpc) is 2.22. The van der Waals surface area contributed by atoms with Gasteiger partial charge in [-0.05, 0) is 23.1 Å². The molecule has 1 rings (SSSR count). The second-order valence-corrected chi connectivity index (χ2v) is 5.69. The van der Waals surface area contributed by atoms with E-state index in [1.165, 1.54) is 20.8 Å². The molecule has 0 N–H and O–H groups in total. The summed E-state index contributed by atoms with van der Waals surface area (Å²) in [6, 6.07) is 0.246. The van der Waals surface area contributed by atoms with Gasteiger partial charge >= 0.3 is 18.5 Å². The number of hydrogen-bond acceptors (Lipinski definition) is 0. The molecule has 0 saturated heterocycles. The summed E-state index contributed by atoms with van der Waals surface area (Å²) < 4.78 is 115. The molecule has 0 nitrogen and oxygen atoms in total. The van der Waals surface area contributed by atoms with E-state index < -0.39 is 46.2 Å². The SMILES string of the molecule is CC(C)(C)c1cc(C(F)(F)F)c(C(F)(F)F)c(C(F)(F)F)c1. The van der Waals surface area contributed by atoms with Crippen molar-refractivity contribution in [3.8, 4) is 0 Å². The zero-order valence-corrected chi connectivity index (χ0v) is 11.6. The van der Waals surface area contributed by atoms with E-state index in [-0.39, 0.29) is 12.1 Å². The molecule has 0 aromatic heterocycles. The van der Waals surface area contributed by atoms with E-state index in [0.29, 0.717) is 0 Å². The first-order chi connectivity index (χ1) is 9.45. The van der Waals surface area contributed by atoms with Crippen LogP contribution in [-0.2, 0) is 23.9 Å². The minimum Gasteiger partial charge on any atom is -0.166 e. The normalized spacial score (nSPS) is 14.4. The van der Waals surface area contributed by atoms with Crippen LogP contribution in [0.1, 0.15) is 43.0 Å². The quantitative estimate of drug-likeness (QED) is 0.506. The van der Waals surface area contributed by atoms with E-state index in [1.807, 2.05) is 0 Å². The molecule has 0 aliphatic carbocycles. The molecule has 9 heteroatoms. The third-order valence-electron chi connectivity index (χ3n) is 2.90. The topological polar surface area (TPSA) is 0 Å². The van der Waals surface area contributed by atoms with Crippen molar-refractivity contribution in [1.82, 2.24) is 0 Å². The molecule has 0 spiro atoms. The molecule has 0 unspecified atom stereocenters. The highest BCUT2D eigenvalue weighted by Crippen LogP contribution is 2.48. The molecule has 1 aromatic rings. The smallest absolute Gasteiger partial charge is 0.166 e. The summed E-state index contributed by atoms with van der Waals surface area (Å²) in [5, 5.41) is 0. The largest absolute Gasteiger partial charge is 0.417 e. The predicted molar refractivity (Wildman–Crippen MR) is 60.1 cm³/mol. The lowest BCUT2D eigenvalue weighted by Gasteiger charge is -2.26. The Balaban J connectivity index is 3.96. The molecule has 0 atom stereocenters. The van der Waals surface area contributed by atoms with Crippen LogP contribution in [0, 0.1) is 0 Å². The fourth-order valence-corrected chi connectivity index (χ4v) is 1.83.